The number of aromatic nitrogens is 5. The normalized spacial score (nSPS) is 11.1. The first kappa shape index (κ1) is 17.2. The van der Waals surface area contributed by atoms with Crippen molar-refractivity contribution in [2.45, 2.75) is 13.8 Å². The van der Waals surface area contributed by atoms with Crippen molar-refractivity contribution >= 4 is 28.8 Å². The fourth-order valence-electron chi connectivity index (χ4n) is 2.97. The first-order chi connectivity index (χ1) is 12.9. The molecule has 3 heterocycles. The van der Waals surface area contributed by atoms with Gasteiger partial charge in [-0.25, -0.2) is 9.50 Å². The van der Waals surface area contributed by atoms with Crippen LogP contribution in [0.3, 0.4) is 0 Å². The van der Waals surface area contributed by atoms with Crippen molar-refractivity contribution in [1.82, 2.24) is 24.4 Å². The molecule has 8 heteroatoms. The first-order valence-corrected chi connectivity index (χ1v) is 8.72. The summed E-state index contributed by atoms with van der Waals surface area (Å²) in [6.45, 7) is 4.05. The number of anilines is 1. The van der Waals surface area contributed by atoms with Gasteiger partial charge < -0.3 is 5.32 Å². The van der Waals surface area contributed by atoms with Crippen LogP contribution in [-0.4, -0.2) is 30.3 Å². The number of fused-ring (bicyclic) bond motifs is 1. The van der Waals surface area contributed by atoms with Crippen molar-refractivity contribution in [3.8, 4) is 11.3 Å². The summed E-state index contributed by atoms with van der Waals surface area (Å²) in [5.41, 5.74) is 5.27. The maximum Gasteiger partial charge on any atom is 0.261 e. The Morgan fingerprint density at radius 1 is 1.22 bits per heavy atom. The lowest BCUT2D eigenvalue weighted by Gasteiger charge is -2.08. The van der Waals surface area contributed by atoms with Crippen LogP contribution in [0.4, 0.5) is 5.69 Å². The average Bonchev–Trinajstić information content (AvgIpc) is 3.20. The van der Waals surface area contributed by atoms with Crippen LogP contribution in [0, 0.1) is 13.8 Å². The highest BCUT2D eigenvalue weighted by atomic mass is 35.5. The molecule has 0 atom stereocenters. The standard InChI is InChI=1S/C19H17ClN6O/c1-11-4-5-12(2)13(8-11)17-15(10-25(3)24-17)22-19(27)14-9-21-26-7-6-16(20)23-18(14)26/h4-10H,1-3H3,(H,22,27). The van der Waals surface area contributed by atoms with Gasteiger partial charge in [-0.3, -0.25) is 9.48 Å². The minimum atomic E-state index is -0.320. The molecule has 0 spiro atoms. The van der Waals surface area contributed by atoms with Crippen LogP contribution < -0.4 is 5.32 Å². The molecule has 4 aromatic rings. The number of aryl methyl sites for hydroxylation is 3. The number of halogens is 1. The van der Waals surface area contributed by atoms with Gasteiger partial charge in [-0.15, -0.1) is 0 Å². The highest BCUT2D eigenvalue weighted by Gasteiger charge is 2.19. The predicted octanol–water partition coefficient (Wildman–Crippen LogP) is 3.65. The number of carbonyl (C=O) groups excluding carboxylic acids is 1. The first-order valence-electron chi connectivity index (χ1n) is 8.35. The third-order valence-corrected chi connectivity index (χ3v) is 4.52. The molecule has 0 radical (unpaired) electrons. The molecule has 0 saturated carbocycles. The maximum atomic E-state index is 12.9. The van der Waals surface area contributed by atoms with E-state index in [2.05, 4.69) is 32.6 Å². The number of hydrogen-bond acceptors (Lipinski definition) is 4. The molecule has 1 N–H and O–H groups in total. The van der Waals surface area contributed by atoms with Crippen molar-refractivity contribution in [2.24, 2.45) is 7.05 Å². The number of nitrogens with zero attached hydrogens (tertiary/aromatic N) is 5. The van der Waals surface area contributed by atoms with E-state index >= 15 is 0 Å². The zero-order valence-electron chi connectivity index (χ0n) is 15.1. The molecular weight excluding hydrogens is 364 g/mol. The van der Waals surface area contributed by atoms with Crippen LogP contribution in [0.5, 0.6) is 0 Å². The van der Waals surface area contributed by atoms with E-state index in [9.17, 15) is 4.79 Å². The zero-order valence-corrected chi connectivity index (χ0v) is 15.8. The highest BCUT2D eigenvalue weighted by molar-refractivity contribution is 6.29. The fourth-order valence-corrected chi connectivity index (χ4v) is 3.10. The summed E-state index contributed by atoms with van der Waals surface area (Å²) < 4.78 is 3.19. The van der Waals surface area contributed by atoms with Gasteiger partial charge in [0.15, 0.2) is 5.65 Å². The molecule has 0 bridgehead atoms. The van der Waals surface area contributed by atoms with Crippen molar-refractivity contribution in [2.75, 3.05) is 5.32 Å². The number of carbonyl (C=O) groups is 1. The molecule has 3 aromatic heterocycles. The Morgan fingerprint density at radius 2 is 2.04 bits per heavy atom. The molecule has 0 saturated heterocycles. The molecular formula is C19H17ClN6O. The smallest absolute Gasteiger partial charge is 0.261 e. The van der Waals surface area contributed by atoms with E-state index in [0.29, 0.717) is 22.1 Å². The Hall–Kier alpha value is -3.19. The van der Waals surface area contributed by atoms with Crippen LogP contribution >= 0.6 is 11.6 Å². The van der Waals surface area contributed by atoms with Gasteiger partial charge in [-0.2, -0.15) is 10.2 Å². The molecule has 0 aliphatic heterocycles. The van der Waals surface area contributed by atoms with E-state index in [-0.39, 0.29) is 5.91 Å². The van der Waals surface area contributed by atoms with E-state index in [1.165, 1.54) is 10.7 Å². The molecule has 0 aliphatic carbocycles. The van der Waals surface area contributed by atoms with E-state index in [1.54, 1.807) is 23.1 Å². The van der Waals surface area contributed by atoms with Gasteiger partial charge in [0.2, 0.25) is 0 Å². The summed E-state index contributed by atoms with van der Waals surface area (Å²) >= 11 is 5.96. The Kier molecular flexibility index (Phi) is 4.16. The molecule has 0 fully saturated rings. The number of rotatable bonds is 3. The summed E-state index contributed by atoms with van der Waals surface area (Å²) in [5.74, 6) is -0.320. The Balaban J connectivity index is 1.74. The van der Waals surface area contributed by atoms with Crippen molar-refractivity contribution in [1.29, 1.82) is 0 Å². The Bertz CT molecular complexity index is 1180. The van der Waals surface area contributed by atoms with Gasteiger partial charge in [0.1, 0.15) is 16.4 Å². The van der Waals surface area contributed by atoms with E-state index in [4.69, 9.17) is 11.6 Å². The van der Waals surface area contributed by atoms with Gasteiger partial charge in [-0.05, 0) is 31.5 Å². The van der Waals surface area contributed by atoms with E-state index < -0.39 is 0 Å². The Labute approximate surface area is 160 Å². The minimum Gasteiger partial charge on any atom is -0.319 e. The van der Waals surface area contributed by atoms with Crippen molar-refractivity contribution in [3.05, 3.63) is 64.7 Å². The van der Waals surface area contributed by atoms with E-state index in [1.807, 2.05) is 27.0 Å². The summed E-state index contributed by atoms with van der Waals surface area (Å²) in [6, 6.07) is 7.77. The average molecular weight is 381 g/mol. The Morgan fingerprint density at radius 3 is 2.85 bits per heavy atom. The highest BCUT2D eigenvalue weighted by Crippen LogP contribution is 2.30. The number of benzene rings is 1. The van der Waals surface area contributed by atoms with E-state index in [0.717, 1.165) is 22.4 Å². The van der Waals surface area contributed by atoms with Gasteiger partial charge in [0.05, 0.1) is 11.9 Å². The van der Waals surface area contributed by atoms with Crippen LogP contribution in [0.2, 0.25) is 5.15 Å². The largest absolute Gasteiger partial charge is 0.319 e. The SMILES string of the molecule is Cc1ccc(C)c(-c2nn(C)cc2NC(=O)c2cnn3ccc(Cl)nc23)c1. The van der Waals surface area contributed by atoms with Crippen LogP contribution in [0.15, 0.2) is 42.9 Å². The lowest BCUT2D eigenvalue weighted by molar-refractivity contribution is 0.102. The topological polar surface area (TPSA) is 77.1 Å². The monoisotopic (exact) mass is 380 g/mol. The number of nitrogens with one attached hydrogen (secondary N) is 1. The lowest BCUT2D eigenvalue weighted by Crippen LogP contribution is -2.12. The molecule has 0 unspecified atom stereocenters. The van der Waals surface area contributed by atoms with Gasteiger partial charge in [0.25, 0.3) is 5.91 Å². The van der Waals surface area contributed by atoms with Gasteiger partial charge in [0, 0.05) is 25.0 Å². The number of hydrogen-bond donors (Lipinski definition) is 1. The molecule has 7 nitrogen and oxygen atoms in total. The summed E-state index contributed by atoms with van der Waals surface area (Å²) in [7, 11) is 1.82. The van der Waals surface area contributed by atoms with Crippen molar-refractivity contribution < 1.29 is 4.79 Å². The second-order valence-electron chi connectivity index (χ2n) is 6.41. The molecule has 0 aliphatic rings. The van der Waals surface area contributed by atoms with Gasteiger partial charge in [-0.1, -0.05) is 29.3 Å². The molecule has 136 valence electrons. The lowest BCUT2D eigenvalue weighted by atomic mass is 10.0. The summed E-state index contributed by atoms with van der Waals surface area (Å²) in [5, 5.41) is 11.9. The quantitative estimate of drug-likeness (QED) is 0.550. The van der Waals surface area contributed by atoms with Crippen LogP contribution in [-0.2, 0) is 7.05 Å². The van der Waals surface area contributed by atoms with Gasteiger partial charge >= 0.3 is 0 Å². The van der Waals surface area contributed by atoms with Crippen LogP contribution in [0.1, 0.15) is 21.5 Å². The predicted molar refractivity (Wildman–Crippen MR) is 104 cm³/mol. The second-order valence-corrected chi connectivity index (χ2v) is 6.80. The summed E-state index contributed by atoms with van der Waals surface area (Å²) in [6.07, 6.45) is 4.91. The molecule has 4 rings (SSSR count). The fraction of sp³-hybridized carbons (Fsp3) is 0.158. The zero-order chi connectivity index (χ0) is 19.1. The molecule has 27 heavy (non-hydrogen) atoms. The molecule has 1 amide bonds. The number of amides is 1. The van der Waals surface area contributed by atoms with Crippen molar-refractivity contribution in [3.63, 3.8) is 0 Å². The molecule has 1 aromatic carbocycles. The van der Waals surface area contributed by atoms with Crippen LogP contribution in [0.25, 0.3) is 16.9 Å². The third-order valence-electron chi connectivity index (χ3n) is 4.30. The third kappa shape index (κ3) is 3.17. The second kappa shape index (κ2) is 6.51. The maximum absolute atomic E-state index is 12.9. The summed E-state index contributed by atoms with van der Waals surface area (Å²) in [4.78, 5) is 17.1. The minimum absolute atomic E-state index is 0.300.